The number of nitrogens with two attached hydrogens (primary N) is 1. The maximum atomic E-state index is 13.2. The molecule has 8 N–H and O–H groups in total. The summed E-state index contributed by atoms with van der Waals surface area (Å²) >= 11 is 0. The molecule has 0 saturated carbocycles. The predicted molar refractivity (Wildman–Crippen MR) is 103 cm³/mol. The highest BCUT2D eigenvalue weighted by Gasteiger charge is 2.68. The second-order valence-electron chi connectivity index (χ2n) is 8.44. The molecule has 0 saturated heterocycles. The number of carbonyl (C=O) groups is 3. The number of hydrogen-bond acceptors (Lipinski definition) is 9. The molecule has 0 aromatic heterocycles. The molecule has 0 spiro atoms. The SMILES string of the molecule is C[C@@H]1C(O)=C(C(N)=O)C(=O)C2(O)C(O)=C3C(=O)c4c(O)cccc4C(C)(O)C3C(O)C12. The fraction of sp³-hybridized carbons (Fsp3) is 0.381. The number of phenolic OH excluding ortho intramolecular Hbond substituents is 1. The number of hydrogen-bond donors (Lipinski definition) is 7. The molecule has 3 aliphatic rings. The molecule has 164 valence electrons. The van der Waals surface area contributed by atoms with Crippen LogP contribution < -0.4 is 5.73 Å². The molecule has 0 radical (unpaired) electrons. The molecule has 10 heteroatoms. The van der Waals surface area contributed by atoms with Crippen LogP contribution in [0.25, 0.3) is 0 Å². The van der Waals surface area contributed by atoms with E-state index in [1.165, 1.54) is 32.0 Å². The first-order valence-electron chi connectivity index (χ1n) is 9.50. The number of Topliss-reactive ketones (excluding diaryl/α,β-unsaturated/α-hetero) is 2. The van der Waals surface area contributed by atoms with Gasteiger partial charge in [-0.2, -0.15) is 0 Å². The van der Waals surface area contributed by atoms with E-state index in [1.807, 2.05) is 0 Å². The molecule has 0 aliphatic heterocycles. The summed E-state index contributed by atoms with van der Waals surface area (Å²) in [5, 5.41) is 65.4. The number of phenols is 1. The number of allylic oxidation sites excluding steroid dienone is 1. The van der Waals surface area contributed by atoms with Crippen LogP contribution in [0, 0.1) is 17.8 Å². The zero-order valence-electron chi connectivity index (χ0n) is 16.5. The number of aliphatic hydroxyl groups excluding tert-OH is 3. The largest absolute Gasteiger partial charge is 0.511 e. The van der Waals surface area contributed by atoms with Crippen molar-refractivity contribution < 1.29 is 45.0 Å². The van der Waals surface area contributed by atoms with Crippen molar-refractivity contribution in [2.24, 2.45) is 23.5 Å². The molecular formula is C21H21NO9. The monoisotopic (exact) mass is 431 g/mol. The van der Waals surface area contributed by atoms with Gasteiger partial charge in [0.1, 0.15) is 22.8 Å². The summed E-state index contributed by atoms with van der Waals surface area (Å²) in [4.78, 5) is 38.0. The van der Waals surface area contributed by atoms with Gasteiger partial charge in [-0.25, -0.2) is 0 Å². The minimum absolute atomic E-state index is 0.0177. The number of amides is 1. The average Bonchev–Trinajstić information content (AvgIpc) is 2.67. The quantitative estimate of drug-likeness (QED) is 0.285. The molecule has 0 heterocycles. The van der Waals surface area contributed by atoms with Gasteiger partial charge >= 0.3 is 0 Å². The molecule has 0 fully saturated rings. The lowest BCUT2D eigenvalue weighted by Gasteiger charge is -2.53. The van der Waals surface area contributed by atoms with E-state index in [-0.39, 0.29) is 11.1 Å². The molecule has 3 aliphatic carbocycles. The van der Waals surface area contributed by atoms with Crippen LogP contribution in [-0.4, -0.2) is 59.8 Å². The Morgan fingerprint density at radius 3 is 2.32 bits per heavy atom. The van der Waals surface area contributed by atoms with Crippen molar-refractivity contribution in [2.45, 2.75) is 31.2 Å². The zero-order chi connectivity index (χ0) is 23.2. The Balaban J connectivity index is 2.08. The maximum absolute atomic E-state index is 13.2. The number of carbonyl (C=O) groups excluding carboxylic acids is 3. The minimum atomic E-state index is -2.96. The summed E-state index contributed by atoms with van der Waals surface area (Å²) in [6.45, 7) is 2.55. The van der Waals surface area contributed by atoms with Gasteiger partial charge in [0.15, 0.2) is 11.4 Å². The highest BCUT2D eigenvalue weighted by atomic mass is 16.4. The fourth-order valence-electron chi connectivity index (χ4n) is 5.36. The summed E-state index contributed by atoms with van der Waals surface area (Å²) in [5.41, 5.74) is -1.81. The molecule has 1 aromatic carbocycles. The summed E-state index contributed by atoms with van der Waals surface area (Å²) < 4.78 is 0. The lowest BCUT2D eigenvalue weighted by atomic mass is 9.53. The van der Waals surface area contributed by atoms with Crippen molar-refractivity contribution in [1.82, 2.24) is 0 Å². The molecule has 1 aromatic rings. The predicted octanol–water partition coefficient (Wildman–Crippen LogP) is -0.538. The van der Waals surface area contributed by atoms with Crippen molar-refractivity contribution in [3.63, 3.8) is 0 Å². The molecular weight excluding hydrogens is 410 g/mol. The van der Waals surface area contributed by atoms with E-state index in [1.54, 1.807) is 0 Å². The smallest absolute Gasteiger partial charge is 0.255 e. The van der Waals surface area contributed by atoms with Gasteiger partial charge in [-0.05, 0) is 18.6 Å². The van der Waals surface area contributed by atoms with Gasteiger partial charge in [0, 0.05) is 11.8 Å². The standard InChI is InChI=1S/C21H21NO9/c1-6-12-16(26)13-10(15(25)9-7(20(13,2)30)4-3-5-8(9)23)17(27)21(12,31)18(28)11(14(6)24)19(22)29/h3-6,12-13,16,23-24,26-27,30-31H,1-2H3,(H2,22,29)/t6-,12?,13?,16?,20?,21?/m0/s1. The third-order valence-electron chi connectivity index (χ3n) is 6.83. The molecule has 0 bridgehead atoms. The van der Waals surface area contributed by atoms with Gasteiger partial charge in [-0.1, -0.05) is 19.1 Å². The minimum Gasteiger partial charge on any atom is -0.511 e. The second kappa shape index (κ2) is 6.16. The Bertz CT molecular complexity index is 1130. The van der Waals surface area contributed by atoms with Crippen LogP contribution in [0.15, 0.2) is 40.9 Å². The van der Waals surface area contributed by atoms with Crippen LogP contribution in [-0.2, 0) is 15.2 Å². The fourth-order valence-corrected chi connectivity index (χ4v) is 5.36. The van der Waals surface area contributed by atoms with E-state index >= 15 is 0 Å². The first-order chi connectivity index (χ1) is 14.3. The Labute approximate surface area is 175 Å². The van der Waals surface area contributed by atoms with E-state index in [9.17, 15) is 45.0 Å². The highest BCUT2D eigenvalue weighted by molar-refractivity contribution is 6.24. The van der Waals surface area contributed by atoms with E-state index < -0.39 is 80.9 Å². The maximum Gasteiger partial charge on any atom is 0.255 e. The molecule has 31 heavy (non-hydrogen) atoms. The van der Waals surface area contributed by atoms with E-state index in [0.29, 0.717) is 0 Å². The third-order valence-corrected chi connectivity index (χ3v) is 6.83. The van der Waals surface area contributed by atoms with Crippen molar-refractivity contribution in [1.29, 1.82) is 0 Å². The topological polar surface area (TPSA) is 199 Å². The van der Waals surface area contributed by atoms with Gasteiger partial charge in [-0.15, -0.1) is 0 Å². The second-order valence-corrected chi connectivity index (χ2v) is 8.44. The lowest BCUT2D eigenvalue weighted by Crippen LogP contribution is -2.66. The van der Waals surface area contributed by atoms with Gasteiger partial charge in [0.2, 0.25) is 5.78 Å². The van der Waals surface area contributed by atoms with Crippen LogP contribution in [0.1, 0.15) is 29.8 Å². The third kappa shape index (κ3) is 2.29. The summed E-state index contributed by atoms with van der Waals surface area (Å²) in [5.74, 6) is -10.7. The molecule has 6 atom stereocenters. The Morgan fingerprint density at radius 1 is 1.13 bits per heavy atom. The number of primary amides is 1. The van der Waals surface area contributed by atoms with Crippen LogP contribution in [0.4, 0.5) is 0 Å². The molecule has 4 rings (SSSR count). The van der Waals surface area contributed by atoms with Crippen LogP contribution >= 0.6 is 0 Å². The van der Waals surface area contributed by atoms with E-state index in [0.717, 1.165) is 0 Å². The van der Waals surface area contributed by atoms with Gasteiger partial charge < -0.3 is 36.4 Å². The van der Waals surface area contributed by atoms with Crippen molar-refractivity contribution >= 4 is 17.5 Å². The number of benzene rings is 1. The van der Waals surface area contributed by atoms with Crippen molar-refractivity contribution in [2.75, 3.05) is 0 Å². The van der Waals surface area contributed by atoms with Gasteiger partial charge in [0.25, 0.3) is 5.91 Å². The van der Waals surface area contributed by atoms with Crippen LogP contribution in [0.2, 0.25) is 0 Å². The number of aliphatic hydroxyl groups is 5. The van der Waals surface area contributed by atoms with Gasteiger partial charge in [-0.3, -0.25) is 14.4 Å². The normalized spacial score (nSPS) is 37.3. The van der Waals surface area contributed by atoms with Crippen LogP contribution in [0.5, 0.6) is 5.75 Å². The number of fused-ring (bicyclic) bond motifs is 3. The molecule has 10 nitrogen and oxygen atoms in total. The average molecular weight is 431 g/mol. The summed E-state index contributed by atoms with van der Waals surface area (Å²) in [7, 11) is 0. The Kier molecular flexibility index (Phi) is 4.18. The summed E-state index contributed by atoms with van der Waals surface area (Å²) in [6, 6.07) is 3.93. The van der Waals surface area contributed by atoms with Gasteiger partial charge in [0.05, 0.1) is 28.8 Å². The van der Waals surface area contributed by atoms with Crippen molar-refractivity contribution in [3.05, 3.63) is 52.0 Å². The first-order valence-corrected chi connectivity index (χ1v) is 9.50. The number of rotatable bonds is 1. The van der Waals surface area contributed by atoms with Crippen LogP contribution in [0.3, 0.4) is 0 Å². The van der Waals surface area contributed by atoms with E-state index in [4.69, 9.17) is 5.73 Å². The Morgan fingerprint density at radius 2 is 1.74 bits per heavy atom. The van der Waals surface area contributed by atoms with Crippen molar-refractivity contribution in [3.8, 4) is 5.75 Å². The number of ketones is 2. The highest BCUT2D eigenvalue weighted by Crippen LogP contribution is 2.57. The van der Waals surface area contributed by atoms with E-state index in [2.05, 4.69) is 0 Å². The first kappa shape index (κ1) is 21.0. The molecule has 1 amide bonds. The Hall–Kier alpha value is -3.21. The summed E-state index contributed by atoms with van der Waals surface area (Å²) in [6.07, 6.45) is -1.82. The lowest BCUT2D eigenvalue weighted by molar-refractivity contribution is -0.171. The zero-order valence-corrected chi connectivity index (χ0v) is 16.5. The molecule has 5 unspecified atom stereocenters. The number of aromatic hydroxyl groups is 1.